The van der Waals surface area contributed by atoms with Crippen molar-refractivity contribution >= 4 is 12.6 Å². The van der Waals surface area contributed by atoms with Crippen molar-refractivity contribution in [3.8, 4) is 0 Å². The largest absolute Gasteiger partial charge is 0.377 e. The molecule has 0 aliphatic carbocycles. The SMILES string of the molecule is CCCOC1CCCN(CCCS)C1. The highest BCUT2D eigenvalue weighted by Crippen LogP contribution is 2.13. The normalized spacial score (nSPS) is 24.0. The van der Waals surface area contributed by atoms with Gasteiger partial charge < -0.3 is 9.64 Å². The van der Waals surface area contributed by atoms with Crippen LogP contribution >= 0.6 is 12.6 Å². The molecule has 1 aliphatic heterocycles. The van der Waals surface area contributed by atoms with Gasteiger partial charge in [-0.15, -0.1) is 0 Å². The number of hydrogen-bond acceptors (Lipinski definition) is 3. The van der Waals surface area contributed by atoms with Gasteiger partial charge in [0.2, 0.25) is 0 Å². The van der Waals surface area contributed by atoms with Crippen LogP contribution in [0.3, 0.4) is 0 Å². The second-order valence-corrected chi connectivity index (χ2v) is 4.46. The van der Waals surface area contributed by atoms with Gasteiger partial charge in [0.05, 0.1) is 6.10 Å². The van der Waals surface area contributed by atoms with Gasteiger partial charge in [0.15, 0.2) is 0 Å². The molecular formula is C11H23NOS. The van der Waals surface area contributed by atoms with Crippen molar-refractivity contribution in [3.05, 3.63) is 0 Å². The van der Waals surface area contributed by atoms with Crippen molar-refractivity contribution in [1.29, 1.82) is 0 Å². The molecule has 84 valence electrons. The summed E-state index contributed by atoms with van der Waals surface area (Å²) < 4.78 is 5.78. The number of piperidine rings is 1. The topological polar surface area (TPSA) is 12.5 Å². The molecule has 0 aromatic rings. The van der Waals surface area contributed by atoms with Crippen LogP contribution in [-0.4, -0.2) is 43.0 Å². The molecule has 1 rings (SSSR count). The number of likely N-dealkylation sites (tertiary alicyclic amines) is 1. The van der Waals surface area contributed by atoms with Gasteiger partial charge in [-0.1, -0.05) is 6.92 Å². The second-order valence-electron chi connectivity index (χ2n) is 4.01. The molecule has 0 saturated carbocycles. The van der Waals surface area contributed by atoms with Crippen LogP contribution in [0.15, 0.2) is 0 Å². The van der Waals surface area contributed by atoms with Gasteiger partial charge in [-0.2, -0.15) is 12.6 Å². The maximum absolute atomic E-state index is 5.78. The molecule has 0 spiro atoms. The Balaban J connectivity index is 2.14. The number of ether oxygens (including phenoxy) is 1. The molecule has 0 N–H and O–H groups in total. The Morgan fingerprint density at radius 1 is 1.50 bits per heavy atom. The van der Waals surface area contributed by atoms with Crippen molar-refractivity contribution in [2.75, 3.05) is 32.0 Å². The van der Waals surface area contributed by atoms with E-state index in [1.807, 2.05) is 0 Å². The molecule has 14 heavy (non-hydrogen) atoms. The summed E-state index contributed by atoms with van der Waals surface area (Å²) in [6, 6.07) is 0. The van der Waals surface area contributed by atoms with Crippen molar-refractivity contribution in [2.45, 2.75) is 38.7 Å². The van der Waals surface area contributed by atoms with Crippen LogP contribution in [-0.2, 0) is 4.74 Å². The van der Waals surface area contributed by atoms with Crippen LogP contribution in [0.1, 0.15) is 32.6 Å². The lowest BCUT2D eigenvalue weighted by atomic mass is 10.1. The van der Waals surface area contributed by atoms with E-state index in [1.165, 1.54) is 32.4 Å². The average Bonchev–Trinajstić information content (AvgIpc) is 2.24. The molecule has 3 heteroatoms. The molecule has 1 atom stereocenters. The van der Waals surface area contributed by atoms with Crippen LogP contribution in [0.2, 0.25) is 0 Å². The first-order valence-electron chi connectivity index (χ1n) is 5.81. The van der Waals surface area contributed by atoms with Gasteiger partial charge in [-0.25, -0.2) is 0 Å². The Bertz CT molecular complexity index is 129. The lowest BCUT2D eigenvalue weighted by molar-refractivity contribution is 0.000161. The highest BCUT2D eigenvalue weighted by atomic mass is 32.1. The molecule has 1 aliphatic rings. The van der Waals surface area contributed by atoms with Crippen LogP contribution in [0, 0.1) is 0 Å². The third-order valence-electron chi connectivity index (χ3n) is 2.65. The number of hydrogen-bond donors (Lipinski definition) is 1. The van der Waals surface area contributed by atoms with E-state index in [2.05, 4.69) is 24.5 Å². The number of nitrogens with zero attached hydrogens (tertiary/aromatic N) is 1. The lowest BCUT2D eigenvalue weighted by Crippen LogP contribution is -2.40. The Kier molecular flexibility index (Phi) is 6.65. The van der Waals surface area contributed by atoms with Crippen molar-refractivity contribution in [1.82, 2.24) is 4.90 Å². The zero-order valence-corrected chi connectivity index (χ0v) is 10.1. The van der Waals surface area contributed by atoms with Gasteiger partial charge in [-0.3, -0.25) is 0 Å². The zero-order chi connectivity index (χ0) is 10.2. The summed E-state index contributed by atoms with van der Waals surface area (Å²) in [5, 5.41) is 0. The minimum atomic E-state index is 0.489. The average molecular weight is 217 g/mol. The van der Waals surface area contributed by atoms with Crippen LogP contribution in [0.25, 0.3) is 0 Å². The third-order valence-corrected chi connectivity index (χ3v) is 2.97. The summed E-state index contributed by atoms with van der Waals surface area (Å²) in [5.41, 5.74) is 0. The Morgan fingerprint density at radius 3 is 3.07 bits per heavy atom. The zero-order valence-electron chi connectivity index (χ0n) is 9.24. The van der Waals surface area contributed by atoms with E-state index in [9.17, 15) is 0 Å². The highest BCUT2D eigenvalue weighted by Gasteiger charge is 2.19. The molecule has 0 aromatic heterocycles. The first-order valence-corrected chi connectivity index (χ1v) is 6.45. The summed E-state index contributed by atoms with van der Waals surface area (Å²) in [4.78, 5) is 2.51. The Morgan fingerprint density at radius 2 is 2.36 bits per heavy atom. The fraction of sp³-hybridized carbons (Fsp3) is 1.00. The van der Waals surface area contributed by atoms with E-state index in [0.29, 0.717) is 6.10 Å². The maximum Gasteiger partial charge on any atom is 0.0702 e. The van der Waals surface area contributed by atoms with Gasteiger partial charge in [0.25, 0.3) is 0 Å². The van der Waals surface area contributed by atoms with Gasteiger partial charge >= 0.3 is 0 Å². The molecule has 1 saturated heterocycles. The monoisotopic (exact) mass is 217 g/mol. The summed E-state index contributed by atoms with van der Waals surface area (Å²) >= 11 is 4.24. The maximum atomic E-state index is 5.78. The molecule has 0 aromatic carbocycles. The molecule has 0 radical (unpaired) electrons. The fourth-order valence-electron chi connectivity index (χ4n) is 1.93. The van der Waals surface area contributed by atoms with Gasteiger partial charge in [0.1, 0.15) is 0 Å². The second kappa shape index (κ2) is 7.55. The third kappa shape index (κ3) is 4.67. The van der Waals surface area contributed by atoms with Crippen molar-refractivity contribution < 1.29 is 4.74 Å². The lowest BCUT2D eigenvalue weighted by Gasteiger charge is -2.32. The summed E-state index contributed by atoms with van der Waals surface area (Å²) in [6.45, 7) is 6.66. The molecule has 1 fully saturated rings. The summed E-state index contributed by atoms with van der Waals surface area (Å²) in [5.74, 6) is 0.997. The first kappa shape index (κ1) is 12.3. The molecule has 2 nitrogen and oxygen atoms in total. The Labute approximate surface area is 93.4 Å². The highest BCUT2D eigenvalue weighted by molar-refractivity contribution is 7.80. The van der Waals surface area contributed by atoms with E-state index in [1.54, 1.807) is 0 Å². The quantitative estimate of drug-likeness (QED) is 0.685. The van der Waals surface area contributed by atoms with E-state index in [0.717, 1.165) is 25.3 Å². The minimum Gasteiger partial charge on any atom is -0.377 e. The summed E-state index contributed by atoms with van der Waals surface area (Å²) in [7, 11) is 0. The molecular weight excluding hydrogens is 194 g/mol. The van der Waals surface area contributed by atoms with Crippen LogP contribution in [0.5, 0.6) is 0 Å². The van der Waals surface area contributed by atoms with Crippen LogP contribution < -0.4 is 0 Å². The minimum absolute atomic E-state index is 0.489. The molecule has 0 amide bonds. The smallest absolute Gasteiger partial charge is 0.0702 e. The fourth-order valence-corrected chi connectivity index (χ4v) is 2.07. The van der Waals surface area contributed by atoms with Crippen molar-refractivity contribution in [3.63, 3.8) is 0 Å². The van der Waals surface area contributed by atoms with Crippen LogP contribution in [0.4, 0.5) is 0 Å². The molecule has 1 heterocycles. The molecule has 0 bridgehead atoms. The van der Waals surface area contributed by atoms with E-state index in [4.69, 9.17) is 4.74 Å². The van der Waals surface area contributed by atoms with E-state index < -0.39 is 0 Å². The number of thiol groups is 1. The first-order chi connectivity index (χ1) is 6.86. The molecule has 1 unspecified atom stereocenters. The van der Waals surface area contributed by atoms with E-state index >= 15 is 0 Å². The predicted octanol–water partition coefficient (Wildman–Crippen LogP) is 2.20. The Hall–Kier alpha value is 0.270. The standard InChI is InChI=1S/C11H23NOS/c1-2-8-13-11-5-3-6-12(10-11)7-4-9-14/h11,14H,2-10H2,1H3. The van der Waals surface area contributed by atoms with Gasteiger partial charge in [0, 0.05) is 13.2 Å². The van der Waals surface area contributed by atoms with Gasteiger partial charge in [-0.05, 0) is 44.5 Å². The summed E-state index contributed by atoms with van der Waals surface area (Å²) in [6.07, 6.45) is 5.36. The van der Waals surface area contributed by atoms with E-state index in [-0.39, 0.29) is 0 Å². The van der Waals surface area contributed by atoms with Crippen molar-refractivity contribution in [2.24, 2.45) is 0 Å². The number of rotatable bonds is 6. The predicted molar refractivity (Wildman–Crippen MR) is 64.2 cm³/mol.